The number of phosphoric ester groups is 1. The van der Waals surface area contributed by atoms with Crippen LogP contribution in [0.5, 0.6) is 0 Å². The molecule has 0 radical (unpaired) electrons. The lowest BCUT2D eigenvalue weighted by molar-refractivity contribution is -0.161. The lowest BCUT2D eigenvalue weighted by Gasteiger charge is -2.19. The molecule has 0 saturated heterocycles. The summed E-state index contributed by atoms with van der Waals surface area (Å²) in [4.78, 5) is 35.1. The summed E-state index contributed by atoms with van der Waals surface area (Å²) in [7, 11) is -4.40. The molecule has 2 atom stereocenters. The van der Waals surface area contributed by atoms with Crippen molar-refractivity contribution in [3.8, 4) is 0 Å². The molecule has 0 aliphatic carbocycles. The van der Waals surface area contributed by atoms with Crippen molar-refractivity contribution in [2.45, 2.75) is 290 Å². The lowest BCUT2D eigenvalue weighted by Crippen LogP contribution is -2.29. The summed E-state index contributed by atoms with van der Waals surface area (Å²) in [6.07, 6.45) is 71.8. The van der Waals surface area contributed by atoms with E-state index in [1.165, 1.54) is 193 Å². The van der Waals surface area contributed by atoms with Gasteiger partial charge in [0, 0.05) is 19.4 Å². The fourth-order valence-electron chi connectivity index (χ4n) is 8.51. The van der Waals surface area contributed by atoms with E-state index in [1.54, 1.807) is 0 Å². The molecule has 71 heavy (non-hydrogen) atoms. The van der Waals surface area contributed by atoms with Gasteiger partial charge < -0.3 is 20.1 Å². The molecule has 0 saturated carbocycles. The number of rotatable bonds is 56. The van der Waals surface area contributed by atoms with Crippen molar-refractivity contribution < 1.29 is 37.6 Å². The summed E-state index contributed by atoms with van der Waals surface area (Å²) in [5, 5.41) is 0. The molecule has 2 unspecified atom stereocenters. The van der Waals surface area contributed by atoms with Gasteiger partial charge in [-0.3, -0.25) is 18.6 Å². The molecule has 0 aromatic rings. The maximum absolute atomic E-state index is 12.6. The second-order valence-electron chi connectivity index (χ2n) is 19.8. The Kier molecular flexibility index (Phi) is 55.2. The van der Waals surface area contributed by atoms with Crippen molar-refractivity contribution in [3.63, 3.8) is 0 Å². The number of esters is 2. The van der Waals surface area contributed by atoms with Crippen LogP contribution in [0, 0.1) is 0 Å². The Morgan fingerprint density at radius 1 is 0.437 bits per heavy atom. The number of carbonyl (C=O) groups is 2. The van der Waals surface area contributed by atoms with Crippen LogP contribution in [0.4, 0.5) is 0 Å². The van der Waals surface area contributed by atoms with E-state index in [-0.39, 0.29) is 38.6 Å². The normalized spacial score (nSPS) is 13.5. The second-order valence-corrected chi connectivity index (χ2v) is 21.3. The number of nitrogens with two attached hydrogens (primary N) is 1. The van der Waals surface area contributed by atoms with E-state index in [9.17, 15) is 19.0 Å². The second kappa shape index (κ2) is 57.0. The first-order chi connectivity index (χ1) is 34.8. The Morgan fingerprint density at radius 3 is 1.20 bits per heavy atom. The summed E-state index contributed by atoms with van der Waals surface area (Å²) in [5.74, 6) is -0.869. The zero-order valence-electron chi connectivity index (χ0n) is 46.2. The van der Waals surface area contributed by atoms with E-state index in [0.29, 0.717) is 6.42 Å². The van der Waals surface area contributed by atoms with Crippen molar-refractivity contribution in [3.05, 3.63) is 60.8 Å². The number of hydrogen-bond acceptors (Lipinski definition) is 8. The van der Waals surface area contributed by atoms with Gasteiger partial charge in [0.25, 0.3) is 0 Å². The standard InChI is InChI=1S/C61H112NO8P/c1-3-5-7-9-11-13-15-17-19-20-21-22-23-24-25-26-27-28-29-30-31-32-33-34-35-36-37-38-40-41-43-45-47-49-51-53-60(63)67-57-59(58-69-71(65,66)68-56-55-62)70-61(64)54-52-50-48-46-44-42-39-18-16-14-12-10-8-6-4-2/h6,8,12,14,18,20-21,39,44,46,59H,3-5,7,9-11,13,15-17,19,22-38,40-43,45,47-58,62H2,1-2H3,(H,65,66)/b8-6-,14-12-,21-20-,39-18-,46-44-. The average Bonchev–Trinajstić information content (AvgIpc) is 3.36. The third-order valence-electron chi connectivity index (χ3n) is 12.9. The molecule has 0 bridgehead atoms. The van der Waals surface area contributed by atoms with Crippen LogP contribution in [0.15, 0.2) is 60.8 Å². The molecule has 414 valence electrons. The molecule has 10 heteroatoms. The van der Waals surface area contributed by atoms with E-state index in [0.717, 1.165) is 57.8 Å². The summed E-state index contributed by atoms with van der Waals surface area (Å²) in [5.41, 5.74) is 5.37. The highest BCUT2D eigenvalue weighted by Crippen LogP contribution is 2.43. The molecule has 0 amide bonds. The third-order valence-corrected chi connectivity index (χ3v) is 13.9. The molecular formula is C61H112NO8P. The summed E-state index contributed by atoms with van der Waals surface area (Å²) in [6.45, 7) is 3.60. The number of ether oxygens (including phenoxy) is 2. The van der Waals surface area contributed by atoms with Crippen molar-refractivity contribution in [2.75, 3.05) is 26.4 Å². The highest BCUT2D eigenvalue weighted by Gasteiger charge is 2.26. The average molecular weight is 1020 g/mol. The number of phosphoric acid groups is 1. The Balaban J connectivity index is 3.82. The molecular weight excluding hydrogens is 906 g/mol. The van der Waals surface area contributed by atoms with Gasteiger partial charge in [0.05, 0.1) is 13.2 Å². The van der Waals surface area contributed by atoms with E-state index in [1.807, 2.05) is 0 Å². The topological polar surface area (TPSA) is 134 Å². The van der Waals surface area contributed by atoms with Crippen molar-refractivity contribution in [2.24, 2.45) is 5.73 Å². The first-order valence-corrected chi connectivity index (χ1v) is 31.3. The van der Waals surface area contributed by atoms with Gasteiger partial charge in [-0.1, -0.05) is 254 Å². The van der Waals surface area contributed by atoms with Gasteiger partial charge in [0.2, 0.25) is 0 Å². The van der Waals surface area contributed by atoms with Gasteiger partial charge in [0.15, 0.2) is 6.10 Å². The number of allylic oxidation sites excluding steroid dienone is 10. The van der Waals surface area contributed by atoms with Crippen LogP contribution in [0.3, 0.4) is 0 Å². The molecule has 3 N–H and O–H groups in total. The maximum Gasteiger partial charge on any atom is 0.472 e. The molecule has 0 spiro atoms. The maximum atomic E-state index is 12.6. The minimum Gasteiger partial charge on any atom is -0.462 e. The van der Waals surface area contributed by atoms with Crippen LogP contribution in [0.25, 0.3) is 0 Å². The molecule has 0 fully saturated rings. The molecule has 0 aliphatic heterocycles. The van der Waals surface area contributed by atoms with Crippen LogP contribution >= 0.6 is 7.82 Å². The van der Waals surface area contributed by atoms with Crippen molar-refractivity contribution in [1.82, 2.24) is 0 Å². The van der Waals surface area contributed by atoms with Crippen LogP contribution in [0.1, 0.15) is 284 Å². The molecule has 0 aromatic carbocycles. The first-order valence-electron chi connectivity index (χ1n) is 29.8. The van der Waals surface area contributed by atoms with E-state index in [4.69, 9.17) is 24.3 Å². The third kappa shape index (κ3) is 56.9. The van der Waals surface area contributed by atoms with Crippen LogP contribution in [-0.4, -0.2) is 49.3 Å². The van der Waals surface area contributed by atoms with Gasteiger partial charge >= 0.3 is 19.8 Å². The van der Waals surface area contributed by atoms with E-state index in [2.05, 4.69) is 74.6 Å². The van der Waals surface area contributed by atoms with Gasteiger partial charge in [-0.25, -0.2) is 4.57 Å². The Labute approximate surface area is 438 Å². The van der Waals surface area contributed by atoms with Gasteiger partial charge in [-0.15, -0.1) is 0 Å². The summed E-state index contributed by atoms with van der Waals surface area (Å²) in [6, 6.07) is 0. The first kappa shape index (κ1) is 68.7. The van der Waals surface area contributed by atoms with Crippen LogP contribution in [0.2, 0.25) is 0 Å². The Hall–Kier alpha value is -2.29. The van der Waals surface area contributed by atoms with Crippen molar-refractivity contribution >= 4 is 19.8 Å². The molecule has 0 rings (SSSR count). The zero-order chi connectivity index (χ0) is 51.7. The van der Waals surface area contributed by atoms with Gasteiger partial charge in [0.1, 0.15) is 6.61 Å². The summed E-state index contributed by atoms with van der Waals surface area (Å²) >= 11 is 0. The van der Waals surface area contributed by atoms with Crippen molar-refractivity contribution in [1.29, 1.82) is 0 Å². The highest BCUT2D eigenvalue weighted by molar-refractivity contribution is 7.47. The minimum absolute atomic E-state index is 0.0455. The Bertz CT molecular complexity index is 1350. The Morgan fingerprint density at radius 2 is 0.775 bits per heavy atom. The number of unbranched alkanes of at least 4 members (excludes halogenated alkanes) is 33. The van der Waals surface area contributed by atoms with Gasteiger partial charge in [-0.2, -0.15) is 0 Å². The number of carbonyl (C=O) groups excluding carboxylic acids is 2. The summed E-state index contributed by atoms with van der Waals surface area (Å²) < 4.78 is 32.9. The highest BCUT2D eigenvalue weighted by atomic mass is 31.2. The molecule has 0 heterocycles. The predicted molar refractivity (Wildman–Crippen MR) is 303 cm³/mol. The number of hydrogen-bond donors (Lipinski definition) is 2. The van der Waals surface area contributed by atoms with E-state index < -0.39 is 26.5 Å². The smallest absolute Gasteiger partial charge is 0.462 e. The van der Waals surface area contributed by atoms with Gasteiger partial charge in [-0.05, 0) is 77.0 Å². The molecule has 9 nitrogen and oxygen atoms in total. The minimum atomic E-state index is -4.40. The molecule has 0 aliphatic rings. The monoisotopic (exact) mass is 1020 g/mol. The fraction of sp³-hybridized carbons (Fsp3) is 0.803. The SMILES string of the molecule is CC/C=C\C/C=C\C/C=C\C/C=C\CCCCC(=O)OC(COC(=O)CCCCCCCCCCCCCCCCCCCCCCCCC/C=C\CCCCCCCCCC)COP(=O)(O)OCCN. The molecule has 0 aromatic heterocycles. The fourth-order valence-corrected chi connectivity index (χ4v) is 9.27. The largest absolute Gasteiger partial charge is 0.472 e. The van der Waals surface area contributed by atoms with Crippen LogP contribution < -0.4 is 5.73 Å². The van der Waals surface area contributed by atoms with Crippen LogP contribution in [-0.2, 0) is 32.7 Å². The van der Waals surface area contributed by atoms with E-state index >= 15 is 0 Å². The lowest BCUT2D eigenvalue weighted by atomic mass is 10.0. The zero-order valence-corrected chi connectivity index (χ0v) is 47.1. The quantitative estimate of drug-likeness (QED) is 0.0264. The predicted octanol–water partition coefficient (Wildman–Crippen LogP) is 18.7.